The molecular formula is C18H28N4O4S. The Hall–Kier alpha value is -1.90. The lowest BCUT2D eigenvalue weighted by molar-refractivity contribution is 0.0729. The maximum Gasteiger partial charge on any atom is 0.289 e. The molecule has 1 aromatic heterocycles. The zero-order valence-corrected chi connectivity index (χ0v) is 17.2. The highest BCUT2D eigenvalue weighted by molar-refractivity contribution is 7.91. The smallest absolute Gasteiger partial charge is 0.289 e. The van der Waals surface area contributed by atoms with Gasteiger partial charge in [0.25, 0.3) is 11.8 Å². The summed E-state index contributed by atoms with van der Waals surface area (Å²) in [5, 5.41) is 2.91. The predicted molar refractivity (Wildman–Crippen MR) is 102 cm³/mol. The molecule has 1 atom stereocenters. The Kier molecular flexibility index (Phi) is 5.09. The Balaban J connectivity index is 1.91. The summed E-state index contributed by atoms with van der Waals surface area (Å²) in [4.78, 5) is 31.6. The molecular weight excluding hydrogens is 368 g/mol. The van der Waals surface area contributed by atoms with Gasteiger partial charge in [-0.25, -0.2) is 13.4 Å². The van der Waals surface area contributed by atoms with Crippen LogP contribution in [0.15, 0.2) is 0 Å². The van der Waals surface area contributed by atoms with Crippen LogP contribution in [0.2, 0.25) is 0 Å². The first-order valence-electron chi connectivity index (χ1n) is 9.38. The number of aromatic nitrogens is 2. The molecule has 1 unspecified atom stereocenters. The second kappa shape index (κ2) is 6.92. The van der Waals surface area contributed by atoms with Crippen LogP contribution in [0.1, 0.15) is 66.8 Å². The van der Waals surface area contributed by atoms with Crippen LogP contribution < -0.4 is 5.32 Å². The third-order valence-corrected chi connectivity index (χ3v) is 6.84. The Morgan fingerprint density at radius 1 is 1.26 bits per heavy atom. The van der Waals surface area contributed by atoms with Crippen LogP contribution in [-0.4, -0.2) is 64.8 Å². The minimum absolute atomic E-state index is 0.0137. The number of carbonyl (C=O) groups is 2. The van der Waals surface area contributed by atoms with Crippen LogP contribution >= 0.6 is 0 Å². The molecule has 150 valence electrons. The fourth-order valence-electron chi connectivity index (χ4n) is 3.69. The zero-order valence-electron chi connectivity index (χ0n) is 16.4. The van der Waals surface area contributed by atoms with Gasteiger partial charge in [-0.15, -0.1) is 0 Å². The van der Waals surface area contributed by atoms with Gasteiger partial charge >= 0.3 is 0 Å². The van der Waals surface area contributed by atoms with Crippen LogP contribution in [0.25, 0.3) is 0 Å². The van der Waals surface area contributed by atoms with Crippen molar-refractivity contribution in [3.8, 4) is 0 Å². The number of sulfone groups is 1. The zero-order chi connectivity index (χ0) is 20.0. The number of fused-ring (bicyclic) bond motifs is 1. The average Bonchev–Trinajstić information content (AvgIpc) is 3.12. The highest BCUT2D eigenvalue weighted by Gasteiger charge is 2.36. The van der Waals surface area contributed by atoms with Crippen molar-refractivity contribution in [1.29, 1.82) is 0 Å². The average molecular weight is 397 g/mol. The Labute approximate surface area is 160 Å². The maximum atomic E-state index is 13.1. The van der Waals surface area contributed by atoms with Gasteiger partial charge in [-0.05, 0) is 46.5 Å². The summed E-state index contributed by atoms with van der Waals surface area (Å²) < 4.78 is 25.3. The van der Waals surface area contributed by atoms with Crippen molar-refractivity contribution < 1.29 is 18.0 Å². The monoisotopic (exact) mass is 396 g/mol. The van der Waals surface area contributed by atoms with Crippen LogP contribution in [0.5, 0.6) is 0 Å². The van der Waals surface area contributed by atoms with Gasteiger partial charge in [0, 0.05) is 25.2 Å². The largest absolute Gasteiger partial charge is 0.346 e. The molecule has 0 aromatic carbocycles. The molecule has 2 aliphatic heterocycles. The number of hydrogen-bond acceptors (Lipinski definition) is 5. The van der Waals surface area contributed by atoms with Crippen molar-refractivity contribution in [1.82, 2.24) is 19.8 Å². The number of nitrogens with zero attached hydrogens (tertiary/aromatic N) is 3. The van der Waals surface area contributed by atoms with Crippen LogP contribution in [0.3, 0.4) is 0 Å². The van der Waals surface area contributed by atoms with E-state index in [0.29, 0.717) is 25.1 Å². The number of nitrogens with one attached hydrogen (secondary N) is 1. The normalized spacial score (nSPS) is 21.6. The third-order valence-electron chi connectivity index (χ3n) is 5.09. The number of imidazole rings is 1. The van der Waals surface area contributed by atoms with Gasteiger partial charge in [-0.3, -0.25) is 9.59 Å². The van der Waals surface area contributed by atoms with Crippen molar-refractivity contribution in [2.75, 3.05) is 18.6 Å². The minimum Gasteiger partial charge on any atom is -0.346 e. The standard InChI is InChI=1S/C18H28N4O4S/c1-18(2,3)20-16(23)14-13-7-5-6-9-22(13)15(19-14)17(24)21(4)12-8-10-27(25,26)11-12/h12H,5-11H2,1-4H3,(H,20,23). The maximum absolute atomic E-state index is 13.1. The lowest BCUT2D eigenvalue weighted by Crippen LogP contribution is -2.41. The molecule has 0 bridgehead atoms. The van der Waals surface area contributed by atoms with Gasteiger partial charge in [0.15, 0.2) is 15.7 Å². The summed E-state index contributed by atoms with van der Waals surface area (Å²) in [6.07, 6.45) is 3.02. The summed E-state index contributed by atoms with van der Waals surface area (Å²) in [6, 6.07) is -0.342. The first-order valence-corrected chi connectivity index (χ1v) is 11.2. The van der Waals surface area contributed by atoms with E-state index in [1.807, 2.05) is 25.3 Å². The van der Waals surface area contributed by atoms with E-state index in [9.17, 15) is 18.0 Å². The second-order valence-electron chi connectivity index (χ2n) is 8.52. The highest BCUT2D eigenvalue weighted by Crippen LogP contribution is 2.24. The predicted octanol–water partition coefficient (Wildman–Crippen LogP) is 1.01. The molecule has 0 saturated carbocycles. The highest BCUT2D eigenvalue weighted by atomic mass is 32.2. The fraction of sp³-hybridized carbons (Fsp3) is 0.722. The van der Waals surface area contributed by atoms with Crippen LogP contribution in [0, 0.1) is 0 Å². The van der Waals surface area contributed by atoms with E-state index >= 15 is 0 Å². The summed E-state index contributed by atoms with van der Waals surface area (Å²) >= 11 is 0. The summed E-state index contributed by atoms with van der Waals surface area (Å²) in [6.45, 7) is 6.33. The first-order chi connectivity index (χ1) is 12.5. The van der Waals surface area contributed by atoms with Gasteiger partial charge in [-0.2, -0.15) is 0 Å². The van der Waals surface area contributed by atoms with Crippen molar-refractivity contribution in [3.63, 3.8) is 0 Å². The number of amides is 2. The Bertz CT molecular complexity index is 867. The molecule has 3 rings (SSSR count). The summed E-state index contributed by atoms with van der Waals surface area (Å²) in [5.74, 6) is -0.280. The molecule has 0 aliphatic carbocycles. The van der Waals surface area contributed by atoms with E-state index in [2.05, 4.69) is 10.3 Å². The van der Waals surface area contributed by atoms with Crippen molar-refractivity contribution in [2.24, 2.45) is 0 Å². The Morgan fingerprint density at radius 3 is 2.56 bits per heavy atom. The van der Waals surface area contributed by atoms with E-state index in [1.165, 1.54) is 4.90 Å². The molecule has 9 heteroatoms. The van der Waals surface area contributed by atoms with E-state index < -0.39 is 15.4 Å². The van der Waals surface area contributed by atoms with Gasteiger partial charge in [0.2, 0.25) is 0 Å². The van der Waals surface area contributed by atoms with Gasteiger partial charge in [0.05, 0.1) is 17.2 Å². The SMILES string of the molecule is CN(C(=O)c1nc(C(=O)NC(C)(C)C)c2n1CCCC2)C1CCS(=O)(=O)C1. The molecule has 2 aliphatic rings. The van der Waals surface area contributed by atoms with Gasteiger partial charge < -0.3 is 14.8 Å². The molecule has 1 saturated heterocycles. The lowest BCUT2D eigenvalue weighted by Gasteiger charge is -2.24. The van der Waals surface area contributed by atoms with Crippen LogP contribution in [0.4, 0.5) is 0 Å². The topological polar surface area (TPSA) is 101 Å². The Morgan fingerprint density at radius 2 is 1.96 bits per heavy atom. The van der Waals surface area contributed by atoms with Crippen LogP contribution in [-0.2, 0) is 22.8 Å². The lowest BCUT2D eigenvalue weighted by atomic mass is 10.1. The second-order valence-corrected chi connectivity index (χ2v) is 10.7. The quantitative estimate of drug-likeness (QED) is 0.822. The van der Waals surface area contributed by atoms with Crippen molar-refractivity contribution >= 4 is 21.7 Å². The van der Waals surface area contributed by atoms with Gasteiger partial charge in [0.1, 0.15) is 5.69 Å². The van der Waals surface area contributed by atoms with E-state index in [4.69, 9.17) is 0 Å². The van der Waals surface area contributed by atoms with E-state index in [1.54, 1.807) is 7.05 Å². The third kappa shape index (κ3) is 4.17. The fourth-order valence-corrected chi connectivity index (χ4v) is 5.47. The van der Waals surface area contributed by atoms with Crippen molar-refractivity contribution in [2.45, 2.75) is 64.6 Å². The number of rotatable bonds is 3. The molecule has 0 spiro atoms. The number of carbonyl (C=O) groups excluding carboxylic acids is 2. The van der Waals surface area contributed by atoms with Crippen molar-refractivity contribution in [3.05, 3.63) is 17.2 Å². The molecule has 1 fully saturated rings. The molecule has 27 heavy (non-hydrogen) atoms. The van der Waals surface area contributed by atoms with Gasteiger partial charge in [-0.1, -0.05) is 0 Å². The molecule has 1 aromatic rings. The van der Waals surface area contributed by atoms with E-state index in [-0.39, 0.29) is 35.2 Å². The molecule has 2 amide bonds. The summed E-state index contributed by atoms with van der Waals surface area (Å²) in [7, 11) is -1.47. The molecule has 1 N–H and O–H groups in total. The molecule has 0 radical (unpaired) electrons. The summed E-state index contributed by atoms with van der Waals surface area (Å²) in [5.41, 5.74) is 0.695. The number of hydrogen-bond donors (Lipinski definition) is 1. The minimum atomic E-state index is -3.09. The molecule has 3 heterocycles. The molecule has 8 nitrogen and oxygen atoms in total. The first kappa shape index (κ1) is 19.9. The van der Waals surface area contributed by atoms with E-state index in [0.717, 1.165) is 18.5 Å².